The third-order valence-corrected chi connectivity index (χ3v) is 11.0. The summed E-state index contributed by atoms with van der Waals surface area (Å²) in [5.74, 6) is 1.67. The lowest BCUT2D eigenvalue weighted by atomic mass is 9.79. The Hall–Kier alpha value is -2.60. The number of anilines is 1. The zero-order chi connectivity index (χ0) is 31.9. The van der Waals surface area contributed by atoms with Crippen molar-refractivity contribution in [2.45, 2.75) is 91.0 Å². The Labute approximate surface area is 263 Å². The van der Waals surface area contributed by atoms with E-state index in [9.17, 15) is 18.0 Å². The van der Waals surface area contributed by atoms with E-state index < -0.39 is 15.6 Å². The Morgan fingerprint density at radius 3 is 2.41 bits per heavy atom. The number of amidine groups is 1. The summed E-state index contributed by atoms with van der Waals surface area (Å²) in [6, 6.07) is 3.73. The van der Waals surface area contributed by atoms with E-state index in [-0.39, 0.29) is 38.1 Å². The average Bonchev–Trinajstić information content (AvgIpc) is 3.30. The predicted octanol–water partition coefficient (Wildman–Crippen LogP) is 4.33. The Kier molecular flexibility index (Phi) is 11.8. The number of sulfonamides is 1. The molecule has 11 heteroatoms. The molecule has 1 saturated carbocycles. The van der Waals surface area contributed by atoms with E-state index in [0.29, 0.717) is 37.6 Å². The molecule has 0 aromatic heterocycles. The molecule has 1 aromatic carbocycles. The van der Waals surface area contributed by atoms with Crippen LogP contribution in [-0.2, 0) is 24.3 Å². The monoisotopic (exact) mass is 630 g/mol. The van der Waals surface area contributed by atoms with Crippen LogP contribution in [0.3, 0.4) is 0 Å². The number of hydrogen-bond donors (Lipinski definition) is 2. The van der Waals surface area contributed by atoms with Gasteiger partial charge in [0.05, 0.1) is 19.8 Å². The number of unbranched alkanes of at least 4 members (excludes halogenated alkanes) is 1. The molecule has 2 fully saturated rings. The number of aliphatic hydroxyl groups excluding tert-OH is 1. The summed E-state index contributed by atoms with van der Waals surface area (Å²) in [5.41, 5.74) is 2.31. The molecule has 3 aliphatic rings. The maximum atomic E-state index is 13.3. The Bertz CT molecular complexity index is 1320. The van der Waals surface area contributed by atoms with Crippen molar-refractivity contribution in [3.05, 3.63) is 34.2 Å². The molecule has 1 spiro atoms. The molecule has 0 bridgehead atoms. The lowest BCUT2D eigenvalue weighted by Crippen LogP contribution is -2.50. The van der Waals surface area contributed by atoms with Crippen molar-refractivity contribution in [1.29, 1.82) is 0 Å². The fourth-order valence-corrected chi connectivity index (χ4v) is 7.98. The first-order valence-corrected chi connectivity index (χ1v) is 17.7. The minimum Gasteiger partial charge on any atom is -0.394 e. The fourth-order valence-electron chi connectivity index (χ4n) is 6.80. The number of amides is 2. The standard InChI is InChI=1S/C33H50N4O6S/c1-5-6-7-27-8-10-28(11-9-27)31-34-32(40)33(35-31)13-15-36(16-14-33)44(41,42)21-12-30-24(2)22-29(23-25(30)3)37(26(4)39)17-19-43-20-18-38/h12,21-23,27-28,38H,5-11,13-20H2,1-4H3,(H,34,35,40). The Morgan fingerprint density at radius 1 is 1.16 bits per heavy atom. The van der Waals surface area contributed by atoms with Gasteiger partial charge in [-0.2, -0.15) is 4.31 Å². The van der Waals surface area contributed by atoms with Crippen molar-refractivity contribution < 1.29 is 27.9 Å². The molecule has 0 radical (unpaired) electrons. The van der Waals surface area contributed by atoms with Gasteiger partial charge in [-0.25, -0.2) is 8.42 Å². The van der Waals surface area contributed by atoms with E-state index in [0.717, 1.165) is 41.3 Å². The van der Waals surface area contributed by atoms with Crippen molar-refractivity contribution in [3.8, 4) is 0 Å². The lowest BCUT2D eigenvalue weighted by molar-refractivity contribution is -0.125. The van der Waals surface area contributed by atoms with Crippen LogP contribution in [0.4, 0.5) is 5.69 Å². The SMILES string of the molecule is CCCCC1CCC(C2=NC3(CCN(S(=O)(=O)C=Cc4c(C)cc(N(CCOCCO)C(C)=O)cc4C)CC3)C(=O)N2)CC1. The van der Waals surface area contributed by atoms with Gasteiger partial charge in [-0.15, -0.1) is 0 Å². The average molecular weight is 631 g/mol. The van der Waals surface area contributed by atoms with Crippen molar-refractivity contribution in [2.24, 2.45) is 16.8 Å². The summed E-state index contributed by atoms with van der Waals surface area (Å²) < 4.78 is 33.4. The van der Waals surface area contributed by atoms with Crippen LogP contribution in [0.25, 0.3) is 6.08 Å². The number of ether oxygens (including phenoxy) is 1. The van der Waals surface area contributed by atoms with E-state index in [1.807, 2.05) is 26.0 Å². The highest BCUT2D eigenvalue weighted by molar-refractivity contribution is 7.92. The zero-order valence-corrected chi connectivity index (χ0v) is 27.6. The highest BCUT2D eigenvalue weighted by Crippen LogP contribution is 2.37. The van der Waals surface area contributed by atoms with Gasteiger partial charge >= 0.3 is 0 Å². The molecule has 10 nitrogen and oxygen atoms in total. The van der Waals surface area contributed by atoms with E-state index in [1.54, 1.807) is 11.0 Å². The number of hydrogen-bond acceptors (Lipinski definition) is 7. The van der Waals surface area contributed by atoms with Crippen LogP contribution >= 0.6 is 0 Å². The molecule has 1 saturated heterocycles. The van der Waals surface area contributed by atoms with Crippen LogP contribution in [0.5, 0.6) is 0 Å². The summed E-state index contributed by atoms with van der Waals surface area (Å²) in [7, 11) is -3.71. The van der Waals surface area contributed by atoms with E-state index >= 15 is 0 Å². The molecule has 2 aliphatic heterocycles. The molecular formula is C33H50N4O6S. The van der Waals surface area contributed by atoms with Gasteiger partial charge in [-0.05, 0) is 93.2 Å². The third kappa shape index (κ3) is 8.16. The Morgan fingerprint density at radius 2 is 1.82 bits per heavy atom. The third-order valence-electron chi connectivity index (χ3n) is 9.48. The lowest BCUT2D eigenvalue weighted by Gasteiger charge is -2.34. The minimum atomic E-state index is -3.71. The highest BCUT2D eigenvalue weighted by Gasteiger charge is 2.48. The summed E-state index contributed by atoms with van der Waals surface area (Å²) in [4.78, 5) is 31.9. The number of aliphatic imine (C=N–C) groups is 1. The molecule has 2 N–H and O–H groups in total. The maximum absolute atomic E-state index is 13.3. The minimum absolute atomic E-state index is 0.0786. The quantitative estimate of drug-likeness (QED) is 0.313. The van der Waals surface area contributed by atoms with Gasteiger partial charge in [0, 0.05) is 43.6 Å². The van der Waals surface area contributed by atoms with Gasteiger partial charge < -0.3 is 20.1 Å². The molecule has 0 unspecified atom stereocenters. The zero-order valence-electron chi connectivity index (χ0n) is 26.8. The maximum Gasteiger partial charge on any atom is 0.253 e. The van der Waals surface area contributed by atoms with Crippen molar-refractivity contribution in [3.63, 3.8) is 0 Å². The van der Waals surface area contributed by atoms with Crippen LogP contribution in [-0.4, -0.2) is 80.5 Å². The molecule has 1 aliphatic carbocycles. The topological polar surface area (TPSA) is 129 Å². The number of aryl methyl sites for hydroxylation is 2. The second-order valence-corrected chi connectivity index (χ2v) is 14.4. The first-order chi connectivity index (χ1) is 21.0. The van der Waals surface area contributed by atoms with Crippen molar-refractivity contribution in [2.75, 3.05) is 44.4 Å². The van der Waals surface area contributed by atoms with Gasteiger partial charge in [-0.1, -0.05) is 26.2 Å². The van der Waals surface area contributed by atoms with Gasteiger partial charge in [0.15, 0.2) is 0 Å². The molecule has 44 heavy (non-hydrogen) atoms. The highest BCUT2D eigenvalue weighted by atomic mass is 32.2. The second-order valence-electron chi connectivity index (χ2n) is 12.6. The molecule has 2 heterocycles. The molecule has 4 rings (SSSR count). The summed E-state index contributed by atoms with van der Waals surface area (Å²) in [5, 5.41) is 13.2. The number of aliphatic hydroxyl groups is 1. The Balaban J connectivity index is 1.38. The predicted molar refractivity (Wildman–Crippen MR) is 174 cm³/mol. The molecular weight excluding hydrogens is 580 g/mol. The summed E-state index contributed by atoms with van der Waals surface area (Å²) in [6.45, 7) is 8.75. The number of nitrogens with zero attached hydrogens (tertiary/aromatic N) is 3. The van der Waals surface area contributed by atoms with E-state index in [4.69, 9.17) is 14.8 Å². The summed E-state index contributed by atoms with van der Waals surface area (Å²) in [6.07, 6.45) is 10.6. The number of rotatable bonds is 13. The van der Waals surface area contributed by atoms with Gasteiger partial charge in [-0.3, -0.25) is 14.6 Å². The second kappa shape index (κ2) is 15.1. The molecule has 2 amide bonds. The molecule has 0 atom stereocenters. The van der Waals surface area contributed by atoms with Gasteiger partial charge in [0.2, 0.25) is 15.9 Å². The van der Waals surface area contributed by atoms with Crippen molar-refractivity contribution in [1.82, 2.24) is 9.62 Å². The van der Waals surface area contributed by atoms with E-state index in [2.05, 4.69) is 12.2 Å². The normalized spacial score (nSPS) is 22.4. The smallest absolute Gasteiger partial charge is 0.253 e. The number of carbonyl (C=O) groups is 2. The van der Waals surface area contributed by atoms with Crippen LogP contribution in [0.1, 0.15) is 88.3 Å². The number of nitrogens with one attached hydrogen (secondary N) is 1. The van der Waals surface area contributed by atoms with E-state index in [1.165, 1.54) is 48.7 Å². The first-order valence-electron chi connectivity index (χ1n) is 16.2. The number of benzene rings is 1. The van der Waals surface area contributed by atoms with Crippen LogP contribution in [0, 0.1) is 25.7 Å². The fraction of sp³-hybridized carbons (Fsp3) is 0.667. The summed E-state index contributed by atoms with van der Waals surface area (Å²) >= 11 is 0. The van der Waals surface area contributed by atoms with Gasteiger partial charge in [0.1, 0.15) is 11.4 Å². The first kappa shape index (κ1) is 34.3. The number of carbonyl (C=O) groups excluding carboxylic acids is 2. The molecule has 244 valence electrons. The van der Waals surface area contributed by atoms with Gasteiger partial charge in [0.25, 0.3) is 5.91 Å². The molecule has 1 aromatic rings. The van der Waals surface area contributed by atoms with Crippen LogP contribution < -0.4 is 10.2 Å². The largest absolute Gasteiger partial charge is 0.394 e. The number of piperidine rings is 1. The van der Waals surface area contributed by atoms with Crippen LogP contribution in [0.2, 0.25) is 0 Å². The van der Waals surface area contributed by atoms with Crippen molar-refractivity contribution >= 4 is 39.4 Å². The van der Waals surface area contributed by atoms with Crippen LogP contribution in [0.15, 0.2) is 22.5 Å².